The lowest BCUT2D eigenvalue weighted by Gasteiger charge is -2.16. The van der Waals surface area contributed by atoms with Gasteiger partial charge in [0.05, 0.1) is 10.3 Å². The SMILES string of the molecule is CC(C)(O)c1csc2c(F)cccc12. The van der Waals surface area contributed by atoms with Crippen molar-refractivity contribution in [3.63, 3.8) is 0 Å². The first-order valence-electron chi connectivity index (χ1n) is 4.39. The monoisotopic (exact) mass is 210 g/mol. The minimum atomic E-state index is -0.911. The molecule has 0 radical (unpaired) electrons. The topological polar surface area (TPSA) is 20.2 Å². The van der Waals surface area contributed by atoms with Crippen LogP contribution in [0.2, 0.25) is 0 Å². The van der Waals surface area contributed by atoms with Crippen LogP contribution in [0, 0.1) is 5.82 Å². The van der Waals surface area contributed by atoms with Gasteiger partial charge in [-0.25, -0.2) is 4.39 Å². The van der Waals surface area contributed by atoms with E-state index in [2.05, 4.69) is 0 Å². The molecule has 1 N–H and O–H groups in total. The van der Waals surface area contributed by atoms with Gasteiger partial charge in [-0.2, -0.15) is 0 Å². The van der Waals surface area contributed by atoms with Crippen molar-refractivity contribution in [1.82, 2.24) is 0 Å². The Morgan fingerprint density at radius 3 is 2.71 bits per heavy atom. The summed E-state index contributed by atoms with van der Waals surface area (Å²) in [6, 6.07) is 4.94. The van der Waals surface area contributed by atoms with Gasteiger partial charge in [0.25, 0.3) is 0 Å². The van der Waals surface area contributed by atoms with Gasteiger partial charge in [-0.05, 0) is 25.3 Å². The normalized spacial score (nSPS) is 12.3. The van der Waals surface area contributed by atoms with Gasteiger partial charge in [0, 0.05) is 10.9 Å². The Hall–Kier alpha value is -0.930. The van der Waals surface area contributed by atoms with E-state index in [1.165, 1.54) is 17.4 Å². The van der Waals surface area contributed by atoms with Crippen LogP contribution < -0.4 is 0 Å². The fourth-order valence-electron chi connectivity index (χ4n) is 1.50. The zero-order valence-corrected chi connectivity index (χ0v) is 8.86. The molecular formula is C11H11FOS. The van der Waals surface area contributed by atoms with E-state index in [0.29, 0.717) is 4.70 Å². The summed E-state index contributed by atoms with van der Waals surface area (Å²) in [5, 5.41) is 12.5. The van der Waals surface area contributed by atoms with Crippen molar-refractivity contribution in [2.75, 3.05) is 0 Å². The average Bonchev–Trinajstić information content (AvgIpc) is 2.47. The standard InChI is InChI=1S/C11H11FOS/c1-11(2,13)8-6-14-10-7(8)4-3-5-9(10)12/h3-6,13H,1-2H3. The number of benzene rings is 1. The molecule has 0 spiro atoms. The smallest absolute Gasteiger partial charge is 0.140 e. The summed E-state index contributed by atoms with van der Waals surface area (Å²) in [5.74, 6) is -0.219. The van der Waals surface area contributed by atoms with Crippen LogP contribution in [0.4, 0.5) is 4.39 Å². The van der Waals surface area contributed by atoms with E-state index < -0.39 is 5.60 Å². The van der Waals surface area contributed by atoms with Crippen LogP contribution in [-0.4, -0.2) is 5.11 Å². The molecule has 1 aromatic carbocycles. The van der Waals surface area contributed by atoms with Crippen molar-refractivity contribution in [1.29, 1.82) is 0 Å². The van der Waals surface area contributed by atoms with Crippen molar-refractivity contribution >= 4 is 21.4 Å². The molecule has 0 bridgehead atoms. The maximum Gasteiger partial charge on any atom is 0.140 e. The first-order chi connectivity index (χ1) is 6.50. The van der Waals surface area contributed by atoms with Crippen LogP contribution in [0.1, 0.15) is 19.4 Å². The van der Waals surface area contributed by atoms with Crippen LogP contribution >= 0.6 is 11.3 Å². The third kappa shape index (κ3) is 1.42. The lowest BCUT2D eigenvalue weighted by atomic mass is 9.98. The molecule has 1 aromatic heterocycles. The van der Waals surface area contributed by atoms with Gasteiger partial charge in [0.1, 0.15) is 5.82 Å². The maximum atomic E-state index is 13.3. The minimum Gasteiger partial charge on any atom is -0.386 e. The largest absolute Gasteiger partial charge is 0.386 e. The van der Waals surface area contributed by atoms with E-state index >= 15 is 0 Å². The maximum absolute atomic E-state index is 13.3. The summed E-state index contributed by atoms with van der Waals surface area (Å²) >= 11 is 1.33. The van der Waals surface area contributed by atoms with Gasteiger partial charge >= 0.3 is 0 Å². The Balaban J connectivity index is 2.76. The summed E-state index contributed by atoms with van der Waals surface area (Å²) in [6.45, 7) is 3.42. The van der Waals surface area contributed by atoms with Gasteiger partial charge in [-0.15, -0.1) is 11.3 Å². The molecule has 0 aliphatic heterocycles. The Morgan fingerprint density at radius 1 is 1.36 bits per heavy atom. The molecule has 0 saturated carbocycles. The highest BCUT2D eigenvalue weighted by Gasteiger charge is 2.20. The lowest BCUT2D eigenvalue weighted by Crippen LogP contribution is -2.14. The second-order valence-electron chi connectivity index (χ2n) is 3.82. The van der Waals surface area contributed by atoms with E-state index in [9.17, 15) is 9.50 Å². The Morgan fingerprint density at radius 2 is 2.07 bits per heavy atom. The fourth-order valence-corrected chi connectivity index (χ4v) is 2.63. The molecular weight excluding hydrogens is 199 g/mol. The summed E-state index contributed by atoms with van der Waals surface area (Å²) in [5.41, 5.74) is -0.122. The molecule has 1 heterocycles. The molecule has 0 atom stereocenters. The number of aliphatic hydroxyl groups is 1. The molecule has 0 aliphatic carbocycles. The zero-order valence-electron chi connectivity index (χ0n) is 8.04. The third-order valence-electron chi connectivity index (χ3n) is 2.21. The van der Waals surface area contributed by atoms with E-state index in [4.69, 9.17) is 0 Å². The number of fused-ring (bicyclic) bond motifs is 1. The second kappa shape index (κ2) is 3.04. The van der Waals surface area contributed by atoms with Gasteiger partial charge in [-0.3, -0.25) is 0 Å². The number of hydrogen-bond acceptors (Lipinski definition) is 2. The first kappa shape index (κ1) is 9.62. The summed E-state index contributed by atoms with van der Waals surface area (Å²) < 4.78 is 13.9. The first-order valence-corrected chi connectivity index (χ1v) is 5.26. The average molecular weight is 210 g/mol. The van der Waals surface area contributed by atoms with Crippen molar-refractivity contribution in [3.8, 4) is 0 Å². The Kier molecular flexibility index (Phi) is 2.09. The Bertz CT molecular complexity index is 468. The van der Waals surface area contributed by atoms with Crippen molar-refractivity contribution in [2.24, 2.45) is 0 Å². The van der Waals surface area contributed by atoms with Gasteiger partial charge in [0.2, 0.25) is 0 Å². The minimum absolute atomic E-state index is 0.219. The number of hydrogen-bond donors (Lipinski definition) is 1. The highest BCUT2D eigenvalue weighted by atomic mass is 32.1. The van der Waals surface area contributed by atoms with E-state index in [-0.39, 0.29) is 5.82 Å². The molecule has 0 amide bonds. The molecule has 14 heavy (non-hydrogen) atoms. The number of halogens is 1. The van der Waals surface area contributed by atoms with E-state index in [1.54, 1.807) is 19.9 Å². The molecule has 1 nitrogen and oxygen atoms in total. The Labute approximate surface area is 85.8 Å². The second-order valence-corrected chi connectivity index (χ2v) is 4.70. The summed E-state index contributed by atoms with van der Waals surface area (Å²) in [7, 11) is 0. The molecule has 0 aliphatic rings. The van der Waals surface area contributed by atoms with Crippen molar-refractivity contribution < 1.29 is 9.50 Å². The summed E-state index contributed by atoms with van der Waals surface area (Å²) in [6.07, 6.45) is 0. The molecule has 0 unspecified atom stereocenters. The molecule has 2 rings (SSSR count). The summed E-state index contributed by atoms with van der Waals surface area (Å²) in [4.78, 5) is 0. The molecule has 3 heteroatoms. The van der Waals surface area contributed by atoms with Gasteiger partial charge in [0.15, 0.2) is 0 Å². The van der Waals surface area contributed by atoms with E-state index in [0.717, 1.165) is 10.9 Å². The molecule has 0 fully saturated rings. The van der Waals surface area contributed by atoms with Crippen molar-refractivity contribution in [3.05, 3.63) is 35.0 Å². The molecule has 2 aromatic rings. The van der Waals surface area contributed by atoms with Crippen LogP contribution in [0.5, 0.6) is 0 Å². The van der Waals surface area contributed by atoms with Crippen molar-refractivity contribution in [2.45, 2.75) is 19.4 Å². The van der Waals surface area contributed by atoms with Crippen LogP contribution in [-0.2, 0) is 5.60 Å². The van der Waals surface area contributed by atoms with Crippen LogP contribution in [0.25, 0.3) is 10.1 Å². The van der Waals surface area contributed by atoms with Gasteiger partial charge in [-0.1, -0.05) is 12.1 Å². The highest BCUT2D eigenvalue weighted by molar-refractivity contribution is 7.17. The van der Waals surface area contributed by atoms with Crippen LogP contribution in [0.3, 0.4) is 0 Å². The lowest BCUT2D eigenvalue weighted by molar-refractivity contribution is 0.0806. The predicted molar refractivity (Wildman–Crippen MR) is 57.0 cm³/mol. The third-order valence-corrected chi connectivity index (χ3v) is 3.22. The number of thiophene rings is 1. The van der Waals surface area contributed by atoms with Gasteiger partial charge < -0.3 is 5.11 Å². The molecule has 0 saturated heterocycles. The predicted octanol–water partition coefficient (Wildman–Crippen LogP) is 3.27. The molecule has 74 valence electrons. The fraction of sp³-hybridized carbons (Fsp3) is 0.273. The highest BCUT2D eigenvalue weighted by Crippen LogP contribution is 2.34. The van der Waals surface area contributed by atoms with E-state index in [1.807, 2.05) is 11.4 Å². The number of rotatable bonds is 1. The quantitative estimate of drug-likeness (QED) is 0.766. The van der Waals surface area contributed by atoms with Crippen LogP contribution in [0.15, 0.2) is 23.6 Å². The zero-order chi connectivity index (χ0) is 10.3.